The van der Waals surface area contributed by atoms with Gasteiger partial charge in [-0.15, -0.1) is 0 Å². The van der Waals surface area contributed by atoms with E-state index in [4.69, 9.17) is 28.5 Å². The lowest BCUT2D eigenvalue weighted by molar-refractivity contribution is 1.07. The van der Waals surface area contributed by atoms with Gasteiger partial charge in [-0.1, -0.05) is 23.2 Å². The minimum atomic E-state index is 0.432. The van der Waals surface area contributed by atoms with Gasteiger partial charge in [0.15, 0.2) is 5.65 Å². The molecule has 0 aliphatic heterocycles. The summed E-state index contributed by atoms with van der Waals surface area (Å²) in [7, 11) is 0. The summed E-state index contributed by atoms with van der Waals surface area (Å²) in [6.45, 7) is 1.81. The molecule has 2 rings (SSSR count). The Bertz CT molecular complexity index is 551. The zero-order valence-electron chi connectivity index (χ0n) is 7.25. The molecule has 2 aromatic heterocycles. The molecule has 0 saturated heterocycles. The molecule has 0 aliphatic rings. The molecule has 0 saturated carbocycles. The van der Waals surface area contributed by atoms with E-state index in [1.54, 1.807) is 10.5 Å². The van der Waals surface area contributed by atoms with Crippen molar-refractivity contribution in [2.45, 2.75) is 6.92 Å². The third-order valence-electron chi connectivity index (χ3n) is 2.02. The summed E-state index contributed by atoms with van der Waals surface area (Å²) in [6.07, 6.45) is 1.48. The molecule has 70 valence electrons. The molecule has 0 fully saturated rings. The fourth-order valence-electron chi connectivity index (χ4n) is 1.33. The molecule has 0 atom stereocenters. The van der Waals surface area contributed by atoms with Gasteiger partial charge in [0.1, 0.15) is 11.8 Å². The van der Waals surface area contributed by atoms with Crippen molar-refractivity contribution in [3.05, 3.63) is 33.7 Å². The van der Waals surface area contributed by atoms with E-state index < -0.39 is 0 Å². The highest BCUT2D eigenvalue weighted by molar-refractivity contribution is 6.36. The van der Waals surface area contributed by atoms with Gasteiger partial charge in [-0.05, 0) is 13.0 Å². The summed E-state index contributed by atoms with van der Waals surface area (Å²) in [5, 5.41) is 9.81. The number of hydrogen-bond acceptors (Lipinski definition) is 2. The van der Waals surface area contributed by atoms with Crippen molar-refractivity contribution in [2.24, 2.45) is 0 Å². The van der Waals surface area contributed by atoms with Crippen molar-refractivity contribution in [1.29, 1.82) is 5.26 Å². The van der Waals surface area contributed by atoms with E-state index >= 15 is 0 Å². The molecule has 2 aromatic rings. The zero-order valence-corrected chi connectivity index (χ0v) is 8.76. The smallest absolute Gasteiger partial charge is 0.156 e. The highest BCUT2D eigenvalue weighted by atomic mass is 35.5. The van der Waals surface area contributed by atoms with Crippen molar-refractivity contribution < 1.29 is 0 Å². The topological polar surface area (TPSA) is 41.1 Å². The number of hydrogen-bond donors (Lipinski definition) is 0. The fourth-order valence-corrected chi connectivity index (χ4v) is 1.82. The van der Waals surface area contributed by atoms with Crippen molar-refractivity contribution in [3.8, 4) is 6.07 Å². The van der Waals surface area contributed by atoms with Crippen LogP contribution < -0.4 is 0 Å². The van der Waals surface area contributed by atoms with Crippen LogP contribution in [0.5, 0.6) is 0 Å². The molecule has 0 aromatic carbocycles. The van der Waals surface area contributed by atoms with Crippen LogP contribution in [0.1, 0.15) is 11.4 Å². The summed E-state index contributed by atoms with van der Waals surface area (Å²) < 4.78 is 1.64. The van der Waals surface area contributed by atoms with Gasteiger partial charge in [-0.2, -0.15) is 5.26 Å². The first kappa shape index (κ1) is 9.32. The summed E-state index contributed by atoms with van der Waals surface area (Å²) in [4.78, 5) is 4.04. The van der Waals surface area contributed by atoms with Gasteiger partial charge in [0.05, 0.1) is 16.2 Å². The predicted molar refractivity (Wildman–Crippen MR) is 54.7 cm³/mol. The van der Waals surface area contributed by atoms with Crippen LogP contribution in [0.25, 0.3) is 5.65 Å². The molecule has 0 N–H and O–H groups in total. The molecule has 5 heteroatoms. The Balaban J connectivity index is 3.01. The second-order valence-corrected chi connectivity index (χ2v) is 3.65. The Kier molecular flexibility index (Phi) is 2.10. The first-order chi connectivity index (χ1) is 6.65. The minimum absolute atomic E-state index is 0.432. The van der Waals surface area contributed by atoms with Gasteiger partial charge >= 0.3 is 0 Å². The summed E-state index contributed by atoms with van der Waals surface area (Å²) in [5.41, 5.74) is 1.76. The summed E-state index contributed by atoms with van der Waals surface area (Å²) in [6, 6.07) is 3.66. The third kappa shape index (κ3) is 1.16. The largest absolute Gasteiger partial charge is 0.286 e. The van der Waals surface area contributed by atoms with Crippen molar-refractivity contribution in [3.63, 3.8) is 0 Å². The van der Waals surface area contributed by atoms with Gasteiger partial charge in [0.25, 0.3) is 0 Å². The van der Waals surface area contributed by atoms with Crippen LogP contribution in [0, 0.1) is 18.3 Å². The van der Waals surface area contributed by atoms with Gasteiger partial charge in [-0.3, -0.25) is 4.40 Å². The molecule has 3 nitrogen and oxygen atoms in total. The fraction of sp³-hybridized carbons (Fsp3) is 0.111. The molecular weight excluding hydrogens is 221 g/mol. The Labute approximate surface area is 90.5 Å². The number of aryl methyl sites for hydroxylation is 1. The average Bonchev–Trinajstić information content (AvgIpc) is 2.58. The van der Waals surface area contributed by atoms with Crippen molar-refractivity contribution >= 4 is 28.8 Å². The normalized spacial score (nSPS) is 10.4. The quantitative estimate of drug-likeness (QED) is 0.692. The molecule has 0 unspecified atom stereocenters. The minimum Gasteiger partial charge on any atom is -0.286 e. The third-order valence-corrected chi connectivity index (χ3v) is 2.69. The second kappa shape index (κ2) is 3.16. The first-order valence-electron chi connectivity index (χ1n) is 3.87. The molecule has 0 bridgehead atoms. The van der Waals surface area contributed by atoms with Gasteiger partial charge < -0.3 is 0 Å². The van der Waals surface area contributed by atoms with Crippen LogP contribution in [0.4, 0.5) is 0 Å². The van der Waals surface area contributed by atoms with Gasteiger partial charge in [0.2, 0.25) is 0 Å². The summed E-state index contributed by atoms with van der Waals surface area (Å²) >= 11 is 11.9. The van der Waals surface area contributed by atoms with Crippen LogP contribution in [-0.2, 0) is 0 Å². The molecule has 0 amide bonds. The van der Waals surface area contributed by atoms with Crippen molar-refractivity contribution in [1.82, 2.24) is 9.38 Å². The second-order valence-electron chi connectivity index (χ2n) is 2.84. The van der Waals surface area contributed by atoms with E-state index in [0.29, 0.717) is 21.4 Å². The van der Waals surface area contributed by atoms with Gasteiger partial charge in [0, 0.05) is 5.69 Å². The SMILES string of the molecule is Cc1c(Cl)cc(Cl)c2ncc(C#N)n12. The number of nitriles is 1. The lowest BCUT2D eigenvalue weighted by atomic mass is 10.3. The van der Waals surface area contributed by atoms with Crippen LogP contribution >= 0.6 is 23.2 Å². The summed E-state index contributed by atoms with van der Waals surface area (Å²) in [5.74, 6) is 0. The lowest BCUT2D eigenvalue weighted by Gasteiger charge is -2.04. The number of aromatic nitrogens is 2. The Morgan fingerprint density at radius 2 is 2.14 bits per heavy atom. The molecule has 0 spiro atoms. The zero-order chi connectivity index (χ0) is 10.3. The number of halogens is 2. The van der Waals surface area contributed by atoms with E-state index in [1.165, 1.54) is 6.20 Å². The first-order valence-corrected chi connectivity index (χ1v) is 4.63. The van der Waals surface area contributed by atoms with Crippen molar-refractivity contribution in [2.75, 3.05) is 0 Å². The highest BCUT2D eigenvalue weighted by Gasteiger charge is 2.11. The molecular formula is C9H5Cl2N3. The standard InChI is InChI=1S/C9H5Cl2N3/c1-5-7(10)2-8(11)9-13-4-6(3-12)14(5)9/h2,4H,1H3. The van der Waals surface area contributed by atoms with Crippen LogP contribution in [-0.4, -0.2) is 9.38 Å². The lowest BCUT2D eigenvalue weighted by Crippen LogP contribution is -1.95. The Morgan fingerprint density at radius 3 is 2.79 bits per heavy atom. The number of fused-ring (bicyclic) bond motifs is 1. The predicted octanol–water partition coefficient (Wildman–Crippen LogP) is 2.82. The number of pyridine rings is 1. The van der Waals surface area contributed by atoms with Crippen LogP contribution in [0.3, 0.4) is 0 Å². The Hall–Kier alpha value is -1.24. The number of nitrogens with zero attached hydrogens (tertiary/aromatic N) is 3. The molecule has 0 aliphatic carbocycles. The molecule has 2 heterocycles. The Morgan fingerprint density at radius 1 is 1.43 bits per heavy atom. The maximum Gasteiger partial charge on any atom is 0.156 e. The number of imidazole rings is 1. The maximum absolute atomic E-state index is 8.83. The molecule has 0 radical (unpaired) electrons. The monoisotopic (exact) mass is 225 g/mol. The van der Waals surface area contributed by atoms with E-state index in [0.717, 1.165) is 5.69 Å². The van der Waals surface area contributed by atoms with Crippen LogP contribution in [0.2, 0.25) is 10.0 Å². The van der Waals surface area contributed by atoms with E-state index in [-0.39, 0.29) is 0 Å². The number of rotatable bonds is 0. The highest BCUT2D eigenvalue weighted by Crippen LogP contribution is 2.25. The van der Waals surface area contributed by atoms with E-state index in [1.807, 2.05) is 13.0 Å². The average molecular weight is 226 g/mol. The van der Waals surface area contributed by atoms with Crippen LogP contribution in [0.15, 0.2) is 12.3 Å². The van der Waals surface area contributed by atoms with Gasteiger partial charge in [-0.25, -0.2) is 4.98 Å². The van der Waals surface area contributed by atoms with E-state index in [9.17, 15) is 0 Å². The van der Waals surface area contributed by atoms with E-state index in [2.05, 4.69) is 4.98 Å². The molecule has 14 heavy (non-hydrogen) atoms. The maximum atomic E-state index is 8.83.